The molecule has 1 N–H and O–H groups in total. The second kappa shape index (κ2) is 4.85. The van der Waals surface area contributed by atoms with Crippen LogP contribution in [0.2, 0.25) is 0 Å². The number of fused-ring (bicyclic) bond motifs is 1. The molecule has 19 heavy (non-hydrogen) atoms. The van der Waals surface area contributed by atoms with E-state index < -0.39 is 11.7 Å². The van der Waals surface area contributed by atoms with Gasteiger partial charge < -0.3 is 10.2 Å². The van der Waals surface area contributed by atoms with Gasteiger partial charge >= 0.3 is 6.18 Å². The van der Waals surface area contributed by atoms with Gasteiger partial charge in [-0.1, -0.05) is 0 Å². The minimum atomic E-state index is -4.34. The Kier molecular flexibility index (Phi) is 3.54. The van der Waals surface area contributed by atoms with Gasteiger partial charge in [-0.2, -0.15) is 13.2 Å². The molecule has 1 amide bonds. The maximum atomic E-state index is 12.6. The maximum absolute atomic E-state index is 12.6. The van der Waals surface area contributed by atoms with Gasteiger partial charge in [0.1, 0.15) is 0 Å². The van der Waals surface area contributed by atoms with E-state index >= 15 is 0 Å². The summed E-state index contributed by atoms with van der Waals surface area (Å²) in [6, 6.07) is 3.18. The van der Waals surface area contributed by atoms with E-state index in [9.17, 15) is 18.0 Å². The molecule has 0 aliphatic carbocycles. The van der Waals surface area contributed by atoms with E-state index in [0.29, 0.717) is 24.2 Å². The second-order valence-corrected chi connectivity index (χ2v) is 4.59. The fraction of sp³-hybridized carbons (Fsp3) is 0.462. The highest BCUT2D eigenvalue weighted by Crippen LogP contribution is 2.35. The fourth-order valence-electron chi connectivity index (χ4n) is 2.16. The molecular weight excluding hydrogens is 257 g/mol. The van der Waals surface area contributed by atoms with Gasteiger partial charge in [0.25, 0.3) is 0 Å². The quantitative estimate of drug-likeness (QED) is 0.895. The average Bonchev–Trinajstić information content (AvgIpc) is 2.78. The van der Waals surface area contributed by atoms with Crippen LogP contribution in [0.4, 0.5) is 18.9 Å². The summed E-state index contributed by atoms with van der Waals surface area (Å²) in [4.78, 5) is 13.6. The Hall–Kier alpha value is -1.56. The number of carbonyl (C=O) groups excluding carboxylic acids is 1. The first kappa shape index (κ1) is 13.9. The van der Waals surface area contributed by atoms with E-state index in [4.69, 9.17) is 0 Å². The van der Waals surface area contributed by atoms with E-state index in [0.717, 1.165) is 12.1 Å². The van der Waals surface area contributed by atoms with Crippen molar-refractivity contribution in [2.45, 2.75) is 25.6 Å². The maximum Gasteiger partial charge on any atom is 0.416 e. The fourth-order valence-corrected chi connectivity index (χ4v) is 2.16. The highest BCUT2D eigenvalue weighted by Gasteiger charge is 2.33. The third-order valence-electron chi connectivity index (χ3n) is 3.37. The van der Waals surface area contributed by atoms with Crippen molar-refractivity contribution in [2.24, 2.45) is 0 Å². The lowest BCUT2D eigenvalue weighted by atomic mass is 10.1. The van der Waals surface area contributed by atoms with Crippen molar-refractivity contribution in [1.29, 1.82) is 0 Å². The zero-order chi connectivity index (χ0) is 14.2. The molecule has 0 saturated carbocycles. The van der Waals surface area contributed by atoms with Gasteiger partial charge in [-0.25, -0.2) is 0 Å². The molecule has 2 rings (SSSR count). The summed E-state index contributed by atoms with van der Waals surface area (Å²) >= 11 is 0. The van der Waals surface area contributed by atoms with Crippen molar-refractivity contribution in [2.75, 3.05) is 18.5 Å². The number of carbonyl (C=O) groups is 1. The molecule has 0 saturated heterocycles. The minimum absolute atomic E-state index is 0.124. The summed E-state index contributed by atoms with van der Waals surface area (Å²) in [5.74, 6) is -0.124. The van der Waals surface area contributed by atoms with Crippen molar-refractivity contribution >= 4 is 11.6 Å². The molecule has 0 spiro atoms. The molecule has 1 aliphatic heterocycles. The Morgan fingerprint density at radius 2 is 2.11 bits per heavy atom. The highest BCUT2D eigenvalue weighted by molar-refractivity contribution is 5.98. The van der Waals surface area contributed by atoms with Crippen LogP contribution in [0.15, 0.2) is 18.2 Å². The SMILES string of the molecule is CNC(C)C(=O)N1CCc2cc(C(F)(F)F)ccc21. The molecule has 3 nitrogen and oxygen atoms in total. The van der Waals surface area contributed by atoms with Crippen LogP contribution in [0.5, 0.6) is 0 Å². The third-order valence-corrected chi connectivity index (χ3v) is 3.37. The number of amides is 1. The van der Waals surface area contributed by atoms with Crippen LogP contribution in [0.1, 0.15) is 18.1 Å². The predicted octanol–water partition coefficient (Wildman–Crippen LogP) is 2.20. The Labute approximate surface area is 109 Å². The average molecular weight is 272 g/mol. The predicted molar refractivity (Wildman–Crippen MR) is 66.0 cm³/mol. The Morgan fingerprint density at radius 1 is 1.42 bits per heavy atom. The number of likely N-dealkylation sites (N-methyl/N-ethyl adjacent to an activating group) is 1. The van der Waals surface area contributed by atoms with Gasteiger partial charge in [0.05, 0.1) is 11.6 Å². The van der Waals surface area contributed by atoms with Crippen molar-refractivity contribution in [3.8, 4) is 0 Å². The summed E-state index contributed by atoms with van der Waals surface area (Å²) in [5, 5.41) is 2.84. The van der Waals surface area contributed by atoms with Crippen LogP contribution in [0.3, 0.4) is 0 Å². The summed E-state index contributed by atoms with van der Waals surface area (Å²) in [7, 11) is 1.67. The Morgan fingerprint density at radius 3 is 2.68 bits per heavy atom. The lowest BCUT2D eigenvalue weighted by Gasteiger charge is -2.21. The van der Waals surface area contributed by atoms with E-state index in [2.05, 4.69) is 5.32 Å². The first-order chi connectivity index (χ1) is 8.84. The number of halogens is 3. The van der Waals surface area contributed by atoms with Crippen LogP contribution < -0.4 is 10.2 Å². The molecule has 1 aromatic carbocycles. The van der Waals surface area contributed by atoms with E-state index in [1.54, 1.807) is 14.0 Å². The molecule has 1 heterocycles. The molecule has 6 heteroatoms. The van der Waals surface area contributed by atoms with Crippen LogP contribution >= 0.6 is 0 Å². The van der Waals surface area contributed by atoms with Crippen molar-refractivity contribution in [3.05, 3.63) is 29.3 Å². The second-order valence-electron chi connectivity index (χ2n) is 4.59. The van der Waals surface area contributed by atoms with Gasteiger partial charge in [-0.3, -0.25) is 4.79 Å². The minimum Gasteiger partial charge on any atom is -0.310 e. The highest BCUT2D eigenvalue weighted by atomic mass is 19.4. The number of nitrogens with one attached hydrogen (secondary N) is 1. The smallest absolute Gasteiger partial charge is 0.310 e. The number of nitrogens with zero attached hydrogens (tertiary/aromatic N) is 1. The molecule has 0 aromatic heterocycles. The summed E-state index contributed by atoms with van der Waals surface area (Å²) in [6.07, 6.45) is -3.88. The molecule has 1 aliphatic rings. The van der Waals surface area contributed by atoms with Gasteiger partial charge in [0.2, 0.25) is 5.91 Å². The van der Waals surface area contributed by atoms with Gasteiger partial charge in [-0.15, -0.1) is 0 Å². The Bertz CT molecular complexity index is 499. The number of alkyl halides is 3. The summed E-state index contributed by atoms with van der Waals surface area (Å²) in [5.41, 5.74) is 0.494. The van der Waals surface area contributed by atoms with E-state index in [-0.39, 0.29) is 11.9 Å². The monoisotopic (exact) mass is 272 g/mol. The number of hydrogen-bond acceptors (Lipinski definition) is 2. The lowest BCUT2D eigenvalue weighted by molar-refractivity contribution is -0.137. The third kappa shape index (κ3) is 2.58. The van der Waals surface area contributed by atoms with E-state index in [1.165, 1.54) is 11.0 Å². The molecule has 0 radical (unpaired) electrons. The van der Waals surface area contributed by atoms with Crippen LogP contribution in [-0.2, 0) is 17.4 Å². The number of rotatable bonds is 2. The molecular formula is C13H15F3N2O. The summed E-state index contributed by atoms with van der Waals surface area (Å²) < 4.78 is 37.8. The van der Waals surface area contributed by atoms with Gasteiger partial charge in [-0.05, 0) is 44.2 Å². The molecule has 1 aromatic rings. The first-order valence-electron chi connectivity index (χ1n) is 6.03. The molecule has 104 valence electrons. The molecule has 1 unspecified atom stereocenters. The molecule has 0 bridgehead atoms. The molecule has 0 fully saturated rings. The van der Waals surface area contributed by atoms with Gasteiger partial charge in [0, 0.05) is 12.2 Å². The lowest BCUT2D eigenvalue weighted by Crippen LogP contribution is -2.42. The largest absolute Gasteiger partial charge is 0.416 e. The van der Waals surface area contributed by atoms with Crippen LogP contribution in [0.25, 0.3) is 0 Å². The van der Waals surface area contributed by atoms with Crippen molar-refractivity contribution in [3.63, 3.8) is 0 Å². The van der Waals surface area contributed by atoms with Crippen molar-refractivity contribution < 1.29 is 18.0 Å². The zero-order valence-corrected chi connectivity index (χ0v) is 10.7. The van der Waals surface area contributed by atoms with E-state index in [1.807, 2.05) is 0 Å². The Balaban J connectivity index is 2.30. The topological polar surface area (TPSA) is 32.3 Å². The van der Waals surface area contributed by atoms with Gasteiger partial charge in [0.15, 0.2) is 0 Å². The van der Waals surface area contributed by atoms with Crippen LogP contribution in [0, 0.1) is 0 Å². The van der Waals surface area contributed by atoms with Crippen LogP contribution in [-0.4, -0.2) is 25.5 Å². The first-order valence-corrected chi connectivity index (χ1v) is 6.03. The standard InChI is InChI=1S/C13H15F3N2O/c1-8(17-2)12(19)18-6-5-9-7-10(13(14,15)16)3-4-11(9)18/h3-4,7-8,17H,5-6H2,1-2H3. The summed E-state index contributed by atoms with van der Waals surface area (Å²) in [6.45, 7) is 2.16. The normalized spacial score (nSPS) is 16.4. The number of benzene rings is 1. The van der Waals surface area contributed by atoms with Crippen molar-refractivity contribution in [1.82, 2.24) is 5.32 Å². The number of hydrogen-bond donors (Lipinski definition) is 1. The zero-order valence-electron chi connectivity index (χ0n) is 10.7. The molecule has 1 atom stereocenters. The number of anilines is 1.